The molecular formula is C6H4MgN2S2. The van der Waals surface area contributed by atoms with E-state index in [1.165, 1.54) is 22.7 Å². The van der Waals surface area contributed by atoms with Gasteiger partial charge in [0.2, 0.25) is 0 Å². The zero-order valence-corrected chi connectivity index (χ0v) is 8.77. The van der Waals surface area contributed by atoms with Gasteiger partial charge in [-0.1, -0.05) is 0 Å². The Morgan fingerprint density at radius 3 is 1.45 bits per heavy atom. The van der Waals surface area contributed by atoms with Gasteiger partial charge in [0.15, 0.2) is 0 Å². The molecule has 11 heavy (non-hydrogen) atoms. The number of hydrogen-bond acceptors (Lipinski definition) is 4. The van der Waals surface area contributed by atoms with Crippen molar-refractivity contribution in [3.63, 3.8) is 0 Å². The minimum absolute atomic E-state index is 0. The van der Waals surface area contributed by atoms with Crippen LogP contribution in [-0.2, 0) is 0 Å². The topological polar surface area (TPSA) is 25.8 Å². The third kappa shape index (κ3) is 6.43. The Morgan fingerprint density at radius 1 is 0.909 bits per heavy atom. The summed E-state index contributed by atoms with van der Waals surface area (Å²) < 4.78 is 0. The Kier molecular flexibility index (Phi) is 8.15. The molecule has 0 spiro atoms. The summed E-state index contributed by atoms with van der Waals surface area (Å²) in [5, 5.41) is 3.75. The Labute approximate surface area is 89.5 Å². The molecular weight excluding hydrogens is 189 g/mol. The summed E-state index contributed by atoms with van der Waals surface area (Å²) in [4.78, 5) is 7.23. The number of rotatable bonds is 0. The molecule has 2 heterocycles. The largest absolute Gasteiger partial charge is 2.00 e. The Balaban J connectivity index is 0.000000167. The molecule has 0 aliphatic heterocycles. The third-order valence-corrected chi connectivity index (χ3v) is 1.55. The second kappa shape index (κ2) is 8.13. The maximum absolute atomic E-state index is 3.62. The number of nitrogens with zero attached hydrogens (tertiary/aromatic N) is 2. The number of thiazole rings is 2. The summed E-state index contributed by atoms with van der Waals surface area (Å²) in [5.74, 6) is 0. The Morgan fingerprint density at radius 2 is 1.36 bits per heavy atom. The van der Waals surface area contributed by atoms with Crippen LogP contribution in [0.4, 0.5) is 0 Å². The predicted molar refractivity (Wildman–Crippen MR) is 47.7 cm³/mol. The van der Waals surface area contributed by atoms with E-state index in [0.29, 0.717) is 0 Å². The molecule has 0 radical (unpaired) electrons. The average molecular weight is 193 g/mol. The monoisotopic (exact) mass is 192 g/mol. The molecule has 0 unspecified atom stereocenters. The van der Waals surface area contributed by atoms with Crippen LogP contribution in [0.25, 0.3) is 0 Å². The molecule has 0 aliphatic carbocycles. The maximum Gasteiger partial charge on any atom is 2.00 e. The fourth-order valence-electron chi connectivity index (χ4n) is 0.304. The molecule has 0 amide bonds. The zero-order valence-electron chi connectivity index (χ0n) is 5.73. The molecule has 0 atom stereocenters. The summed E-state index contributed by atoms with van der Waals surface area (Å²) in [6.07, 6.45) is 3.43. The van der Waals surface area contributed by atoms with Gasteiger partial charge < -0.3 is 9.97 Å². The van der Waals surface area contributed by atoms with Gasteiger partial charge >= 0.3 is 23.1 Å². The van der Waals surface area contributed by atoms with Crippen molar-refractivity contribution in [2.24, 2.45) is 0 Å². The van der Waals surface area contributed by atoms with E-state index in [2.05, 4.69) is 21.0 Å². The summed E-state index contributed by atoms with van der Waals surface area (Å²) in [7, 11) is 0. The van der Waals surface area contributed by atoms with Gasteiger partial charge in [-0.2, -0.15) is 0 Å². The van der Waals surface area contributed by atoms with Crippen LogP contribution in [0.3, 0.4) is 0 Å². The molecule has 0 saturated carbocycles. The molecule has 2 aromatic rings. The van der Waals surface area contributed by atoms with E-state index in [9.17, 15) is 0 Å². The van der Waals surface area contributed by atoms with Crippen molar-refractivity contribution >= 4 is 45.7 Å². The van der Waals surface area contributed by atoms with Crippen molar-refractivity contribution in [1.82, 2.24) is 9.97 Å². The van der Waals surface area contributed by atoms with E-state index >= 15 is 0 Å². The normalized spacial score (nSPS) is 7.27. The minimum Gasteiger partial charge on any atom is -0.394 e. The first-order chi connectivity index (χ1) is 5.00. The van der Waals surface area contributed by atoms with Crippen molar-refractivity contribution in [2.45, 2.75) is 0 Å². The van der Waals surface area contributed by atoms with Crippen LogP contribution in [0.2, 0.25) is 0 Å². The fraction of sp³-hybridized carbons (Fsp3) is 0. The summed E-state index contributed by atoms with van der Waals surface area (Å²) in [5.41, 5.74) is 5.31. The van der Waals surface area contributed by atoms with Crippen molar-refractivity contribution < 1.29 is 0 Å². The first kappa shape index (κ1) is 11.0. The second-order valence-corrected chi connectivity index (χ2v) is 2.63. The molecule has 0 fully saturated rings. The van der Waals surface area contributed by atoms with Crippen LogP contribution in [0.1, 0.15) is 0 Å². The summed E-state index contributed by atoms with van der Waals surface area (Å²) in [6.45, 7) is 0. The fourth-order valence-corrected chi connectivity index (χ4v) is 0.913. The van der Waals surface area contributed by atoms with Crippen molar-refractivity contribution in [2.75, 3.05) is 0 Å². The maximum atomic E-state index is 3.62. The van der Waals surface area contributed by atoms with E-state index in [1.54, 1.807) is 12.4 Å². The van der Waals surface area contributed by atoms with Crippen LogP contribution in [-0.4, -0.2) is 33.0 Å². The molecule has 2 aromatic heterocycles. The average Bonchev–Trinajstić information content (AvgIpc) is 2.67. The smallest absolute Gasteiger partial charge is 0.394 e. The number of aromatic nitrogens is 2. The first-order valence-corrected chi connectivity index (χ1v) is 4.27. The standard InChI is InChI=1S/2C3H2NS.Mg/c2*1-2-5-3-4-1;/h2*1-2H;/q2*-1;+2. The van der Waals surface area contributed by atoms with Crippen LogP contribution < -0.4 is 0 Å². The molecule has 0 N–H and O–H groups in total. The van der Waals surface area contributed by atoms with Crippen LogP contribution >= 0.6 is 22.7 Å². The first-order valence-electron chi connectivity index (χ1n) is 2.51. The van der Waals surface area contributed by atoms with E-state index in [4.69, 9.17) is 0 Å². The van der Waals surface area contributed by atoms with Gasteiger partial charge in [0.25, 0.3) is 0 Å². The summed E-state index contributed by atoms with van der Waals surface area (Å²) in [6, 6.07) is 0. The van der Waals surface area contributed by atoms with Crippen LogP contribution in [0.15, 0.2) is 23.2 Å². The van der Waals surface area contributed by atoms with E-state index in [-0.39, 0.29) is 23.1 Å². The van der Waals surface area contributed by atoms with Crippen molar-refractivity contribution in [1.29, 1.82) is 0 Å². The molecule has 0 aliphatic rings. The van der Waals surface area contributed by atoms with Crippen LogP contribution in [0.5, 0.6) is 0 Å². The van der Waals surface area contributed by atoms with Gasteiger partial charge in [0.1, 0.15) is 0 Å². The molecule has 2 rings (SSSR count). The van der Waals surface area contributed by atoms with Gasteiger partial charge in [-0.05, 0) is 11.0 Å². The van der Waals surface area contributed by atoms with Crippen molar-refractivity contribution in [3.8, 4) is 0 Å². The van der Waals surface area contributed by atoms with E-state index in [0.717, 1.165) is 0 Å². The zero-order chi connectivity index (χ0) is 7.07. The van der Waals surface area contributed by atoms with Gasteiger partial charge in [0.05, 0.1) is 0 Å². The van der Waals surface area contributed by atoms with Gasteiger partial charge in [-0.25, -0.2) is 0 Å². The third-order valence-electron chi connectivity index (χ3n) is 0.618. The molecule has 52 valence electrons. The summed E-state index contributed by atoms with van der Waals surface area (Å²) >= 11 is 2.95. The van der Waals surface area contributed by atoms with Gasteiger partial charge in [0, 0.05) is 0 Å². The Bertz CT molecular complexity index is 158. The second-order valence-electron chi connectivity index (χ2n) is 1.25. The molecule has 0 saturated heterocycles. The molecule has 2 nitrogen and oxygen atoms in total. The van der Waals surface area contributed by atoms with E-state index in [1.807, 2.05) is 10.8 Å². The quantitative estimate of drug-likeness (QED) is 0.467. The molecule has 0 bridgehead atoms. The molecule has 0 aromatic carbocycles. The Hall–Kier alpha value is 0.0262. The van der Waals surface area contributed by atoms with Gasteiger partial charge in [-0.15, -0.1) is 23.2 Å². The molecule has 5 heteroatoms. The van der Waals surface area contributed by atoms with Gasteiger partial charge in [-0.3, -0.25) is 22.7 Å². The van der Waals surface area contributed by atoms with Crippen molar-refractivity contribution in [3.05, 3.63) is 34.2 Å². The number of hydrogen-bond donors (Lipinski definition) is 0. The minimum atomic E-state index is 0. The predicted octanol–water partition coefficient (Wildman–Crippen LogP) is 1.51. The SMILES string of the molecule is [Mg+2].[c-]1nccs1.[c-]1nccs1. The van der Waals surface area contributed by atoms with Crippen LogP contribution in [0, 0.1) is 11.0 Å². The van der Waals surface area contributed by atoms with E-state index < -0.39 is 0 Å².